The molecule has 1 N–H and O–H groups in total. The van der Waals surface area contributed by atoms with E-state index in [1.165, 1.54) is 25.9 Å². The van der Waals surface area contributed by atoms with Crippen LogP contribution in [0.15, 0.2) is 0 Å². The lowest BCUT2D eigenvalue weighted by Crippen LogP contribution is -2.42. The van der Waals surface area contributed by atoms with Crippen LogP contribution >= 0.6 is 0 Å². The third kappa shape index (κ3) is 3.48. The third-order valence-electron chi connectivity index (χ3n) is 4.61. The maximum absolute atomic E-state index is 12.5. The van der Waals surface area contributed by atoms with Gasteiger partial charge in [-0.3, -0.25) is 10.1 Å². The van der Waals surface area contributed by atoms with Crippen LogP contribution < -0.4 is 5.32 Å². The Bertz CT molecular complexity index is 300. The molecule has 2 heterocycles. The maximum atomic E-state index is 12.5. The van der Waals surface area contributed by atoms with Crippen LogP contribution in [0.2, 0.25) is 0 Å². The molecule has 0 spiro atoms. The Labute approximate surface area is 117 Å². The molecule has 1 amide bonds. The van der Waals surface area contributed by atoms with Gasteiger partial charge >= 0.3 is 0 Å². The molecule has 2 rings (SSSR count). The molecule has 19 heavy (non-hydrogen) atoms. The third-order valence-corrected chi connectivity index (χ3v) is 4.61. The van der Waals surface area contributed by atoms with Crippen molar-refractivity contribution in [1.29, 1.82) is 0 Å². The van der Waals surface area contributed by atoms with Crippen molar-refractivity contribution in [1.82, 2.24) is 15.1 Å². The van der Waals surface area contributed by atoms with Crippen molar-refractivity contribution >= 4 is 5.91 Å². The van der Waals surface area contributed by atoms with E-state index in [2.05, 4.69) is 36.0 Å². The monoisotopic (exact) mass is 267 g/mol. The van der Waals surface area contributed by atoms with E-state index in [9.17, 15) is 4.79 Å². The first-order valence-electron chi connectivity index (χ1n) is 7.90. The second-order valence-corrected chi connectivity index (χ2v) is 6.17. The van der Waals surface area contributed by atoms with Crippen molar-refractivity contribution in [2.45, 2.75) is 58.2 Å². The van der Waals surface area contributed by atoms with E-state index in [0.717, 1.165) is 25.8 Å². The van der Waals surface area contributed by atoms with Crippen molar-refractivity contribution in [3.8, 4) is 0 Å². The maximum Gasteiger partial charge on any atom is 0.241 e. The minimum Gasteiger partial charge on any atom is -0.326 e. The lowest BCUT2D eigenvalue weighted by atomic mass is 9.96. The van der Waals surface area contributed by atoms with Gasteiger partial charge in [-0.25, -0.2) is 0 Å². The first-order chi connectivity index (χ1) is 9.15. The normalized spacial score (nSPS) is 30.3. The molecule has 0 aromatic heterocycles. The zero-order valence-electron chi connectivity index (χ0n) is 12.7. The Balaban J connectivity index is 1.91. The molecule has 2 aliphatic heterocycles. The standard InChI is InChI=1S/C15H29N3O/c1-4-6-13-15(19)18(14(5-2)16-13)11-12-7-9-17(3)10-8-12/h12-14,16H,4-11H2,1-3H3. The molecule has 4 nitrogen and oxygen atoms in total. The van der Waals surface area contributed by atoms with Gasteiger partial charge in [0.2, 0.25) is 5.91 Å². The number of rotatable bonds is 5. The second-order valence-electron chi connectivity index (χ2n) is 6.17. The average Bonchev–Trinajstić information content (AvgIpc) is 2.70. The van der Waals surface area contributed by atoms with Crippen LogP contribution in [0.25, 0.3) is 0 Å². The van der Waals surface area contributed by atoms with E-state index >= 15 is 0 Å². The number of carbonyl (C=O) groups excluding carboxylic acids is 1. The number of likely N-dealkylation sites (tertiary alicyclic amines) is 1. The average molecular weight is 267 g/mol. The highest BCUT2D eigenvalue weighted by molar-refractivity contribution is 5.84. The van der Waals surface area contributed by atoms with Gasteiger partial charge in [-0.2, -0.15) is 0 Å². The fraction of sp³-hybridized carbons (Fsp3) is 0.933. The summed E-state index contributed by atoms with van der Waals surface area (Å²) in [6, 6.07) is 0.0706. The van der Waals surface area contributed by atoms with Gasteiger partial charge in [-0.05, 0) is 51.7 Å². The fourth-order valence-electron chi connectivity index (χ4n) is 3.32. The number of piperidine rings is 1. The van der Waals surface area contributed by atoms with Crippen molar-refractivity contribution in [2.75, 3.05) is 26.7 Å². The van der Waals surface area contributed by atoms with Crippen LogP contribution in [0.1, 0.15) is 46.0 Å². The van der Waals surface area contributed by atoms with E-state index in [4.69, 9.17) is 0 Å². The summed E-state index contributed by atoms with van der Waals surface area (Å²) in [7, 11) is 2.19. The Morgan fingerprint density at radius 1 is 1.26 bits per heavy atom. The summed E-state index contributed by atoms with van der Waals surface area (Å²) < 4.78 is 0. The highest BCUT2D eigenvalue weighted by Gasteiger charge is 2.38. The molecule has 0 aromatic carbocycles. The minimum atomic E-state index is 0.0706. The van der Waals surface area contributed by atoms with E-state index in [0.29, 0.717) is 11.8 Å². The molecule has 2 unspecified atom stereocenters. The Morgan fingerprint density at radius 3 is 2.53 bits per heavy atom. The van der Waals surface area contributed by atoms with Crippen molar-refractivity contribution < 1.29 is 4.79 Å². The quantitative estimate of drug-likeness (QED) is 0.823. The molecular weight excluding hydrogens is 238 g/mol. The van der Waals surface area contributed by atoms with Gasteiger partial charge < -0.3 is 9.80 Å². The zero-order chi connectivity index (χ0) is 13.8. The molecule has 0 aliphatic carbocycles. The minimum absolute atomic E-state index is 0.0706. The second kappa shape index (κ2) is 6.71. The van der Waals surface area contributed by atoms with Crippen LogP contribution in [0.3, 0.4) is 0 Å². The molecule has 2 saturated heterocycles. The van der Waals surface area contributed by atoms with Gasteiger partial charge in [-0.15, -0.1) is 0 Å². The van der Waals surface area contributed by atoms with Gasteiger partial charge in [0.05, 0.1) is 12.2 Å². The predicted octanol–water partition coefficient (Wildman–Crippen LogP) is 1.66. The summed E-state index contributed by atoms with van der Waals surface area (Å²) >= 11 is 0. The van der Waals surface area contributed by atoms with E-state index < -0.39 is 0 Å². The number of hydrogen-bond donors (Lipinski definition) is 1. The number of carbonyl (C=O) groups is 1. The van der Waals surface area contributed by atoms with Gasteiger partial charge in [0.25, 0.3) is 0 Å². The number of nitrogens with one attached hydrogen (secondary N) is 1. The summed E-state index contributed by atoms with van der Waals surface area (Å²) in [6.07, 6.45) is 5.79. The van der Waals surface area contributed by atoms with Crippen LogP contribution in [0.4, 0.5) is 0 Å². The number of hydrogen-bond acceptors (Lipinski definition) is 3. The molecule has 0 saturated carbocycles. The Morgan fingerprint density at radius 2 is 1.95 bits per heavy atom. The van der Waals surface area contributed by atoms with E-state index in [1.54, 1.807) is 0 Å². The molecule has 0 aromatic rings. The Hall–Kier alpha value is -0.610. The Kier molecular flexibility index (Phi) is 5.22. The molecule has 2 aliphatic rings. The van der Waals surface area contributed by atoms with Gasteiger partial charge in [-0.1, -0.05) is 20.3 Å². The number of amides is 1. The molecular formula is C15H29N3O. The lowest BCUT2D eigenvalue weighted by molar-refractivity contribution is -0.131. The highest BCUT2D eigenvalue weighted by atomic mass is 16.2. The SMILES string of the molecule is CCCC1NC(CC)N(CC2CCN(C)CC2)C1=O. The van der Waals surface area contributed by atoms with Gasteiger partial charge in [0, 0.05) is 6.54 Å². The van der Waals surface area contributed by atoms with E-state index in [1.807, 2.05) is 0 Å². The van der Waals surface area contributed by atoms with Crippen molar-refractivity contribution in [2.24, 2.45) is 5.92 Å². The zero-order valence-corrected chi connectivity index (χ0v) is 12.7. The topological polar surface area (TPSA) is 35.6 Å². The van der Waals surface area contributed by atoms with Crippen molar-refractivity contribution in [3.63, 3.8) is 0 Å². The predicted molar refractivity (Wildman–Crippen MR) is 77.8 cm³/mol. The van der Waals surface area contributed by atoms with E-state index in [-0.39, 0.29) is 12.2 Å². The van der Waals surface area contributed by atoms with Crippen LogP contribution in [0.5, 0.6) is 0 Å². The molecule has 2 fully saturated rings. The van der Waals surface area contributed by atoms with Crippen LogP contribution in [-0.2, 0) is 4.79 Å². The fourth-order valence-corrected chi connectivity index (χ4v) is 3.32. The summed E-state index contributed by atoms with van der Waals surface area (Å²) in [5.74, 6) is 1.03. The first-order valence-corrected chi connectivity index (χ1v) is 7.90. The lowest BCUT2D eigenvalue weighted by Gasteiger charge is -2.33. The van der Waals surface area contributed by atoms with Crippen molar-refractivity contribution in [3.05, 3.63) is 0 Å². The highest BCUT2D eigenvalue weighted by Crippen LogP contribution is 2.23. The van der Waals surface area contributed by atoms with Crippen LogP contribution in [-0.4, -0.2) is 54.6 Å². The van der Waals surface area contributed by atoms with Crippen LogP contribution in [0, 0.1) is 5.92 Å². The van der Waals surface area contributed by atoms with Gasteiger partial charge in [0.1, 0.15) is 0 Å². The molecule has 110 valence electrons. The summed E-state index contributed by atoms with van der Waals surface area (Å²) in [5, 5.41) is 3.51. The number of nitrogens with zero attached hydrogens (tertiary/aromatic N) is 2. The first kappa shape index (κ1) is 14.8. The van der Waals surface area contributed by atoms with Gasteiger partial charge in [0.15, 0.2) is 0 Å². The summed E-state index contributed by atoms with van der Waals surface area (Å²) in [6.45, 7) is 7.62. The molecule has 0 radical (unpaired) electrons. The smallest absolute Gasteiger partial charge is 0.241 e. The molecule has 2 atom stereocenters. The molecule has 0 bridgehead atoms. The summed E-state index contributed by atoms with van der Waals surface area (Å²) in [5.41, 5.74) is 0. The largest absolute Gasteiger partial charge is 0.326 e. The molecule has 4 heteroatoms. The summed E-state index contributed by atoms with van der Waals surface area (Å²) in [4.78, 5) is 17.0.